The van der Waals surface area contributed by atoms with Gasteiger partial charge in [-0.1, -0.05) is 30.7 Å². The molecule has 4 rings (SSSR count). The van der Waals surface area contributed by atoms with Gasteiger partial charge >= 0.3 is 0 Å². The Kier molecular flexibility index (Phi) is 5.47. The Balaban J connectivity index is 1.59. The highest BCUT2D eigenvalue weighted by atomic mass is 35.5. The van der Waals surface area contributed by atoms with Crippen molar-refractivity contribution in [3.63, 3.8) is 0 Å². The lowest BCUT2D eigenvalue weighted by Gasteiger charge is -2.25. The maximum Gasteiger partial charge on any atom is 0.294 e. The minimum absolute atomic E-state index is 0.182. The third kappa shape index (κ3) is 3.77. The molecule has 3 atom stereocenters. The number of benzene rings is 2. The lowest BCUT2D eigenvalue weighted by molar-refractivity contribution is -0.383. The number of nitro groups is 1. The minimum Gasteiger partial charge on any atom is -0.375 e. The van der Waals surface area contributed by atoms with E-state index in [0.717, 1.165) is 16.9 Å². The Morgan fingerprint density at radius 3 is 2.63 bits per heavy atom. The first-order valence-electron chi connectivity index (χ1n) is 9.99. The number of nitrogens with zero attached hydrogens (tertiary/aromatic N) is 2. The molecule has 1 heterocycles. The zero-order valence-corrected chi connectivity index (χ0v) is 17.3. The predicted molar refractivity (Wildman–Crippen MR) is 114 cm³/mol. The van der Waals surface area contributed by atoms with Crippen LogP contribution in [0, 0.1) is 27.9 Å². The first-order chi connectivity index (χ1) is 14.3. The van der Waals surface area contributed by atoms with Crippen molar-refractivity contribution in [3.05, 3.63) is 63.2 Å². The number of fused-ring (bicyclic) bond motifs is 1. The summed E-state index contributed by atoms with van der Waals surface area (Å²) in [5, 5.41) is 15.3. The van der Waals surface area contributed by atoms with Crippen LogP contribution >= 0.6 is 11.6 Å². The topological polar surface area (TPSA) is 92.6 Å². The van der Waals surface area contributed by atoms with Gasteiger partial charge in [-0.15, -0.1) is 0 Å². The molecule has 1 saturated heterocycles. The number of hydrogen-bond donors (Lipinski definition) is 1. The summed E-state index contributed by atoms with van der Waals surface area (Å²) in [5.41, 5.74) is 1.27. The zero-order chi connectivity index (χ0) is 21.4. The standard InChI is InChI=1S/C22H22ClN3O4/c1-13-5-7-17-18(9-13)22(28)25(21(17)27)16-6-8-19(20(11-16)26(29)30)24-12-14-3-2-4-15(23)10-14/h2-4,6,8,10-11,13,17-18,24H,5,7,9,12H2,1H3. The SMILES string of the molecule is CC1CCC2C(=O)N(c3ccc(NCc4cccc(Cl)c4)c([N+](=O)[O-])c3)C(=O)C2C1. The van der Waals surface area contributed by atoms with Crippen LogP contribution in [0.25, 0.3) is 0 Å². The zero-order valence-electron chi connectivity index (χ0n) is 16.5. The van der Waals surface area contributed by atoms with E-state index in [0.29, 0.717) is 36.0 Å². The lowest BCUT2D eigenvalue weighted by atomic mass is 9.76. The first-order valence-corrected chi connectivity index (χ1v) is 10.4. The van der Waals surface area contributed by atoms with E-state index in [4.69, 9.17) is 11.6 Å². The van der Waals surface area contributed by atoms with Crippen molar-refractivity contribution >= 4 is 40.5 Å². The molecule has 2 amide bonds. The van der Waals surface area contributed by atoms with Gasteiger partial charge in [-0.05, 0) is 55.0 Å². The molecule has 2 aliphatic rings. The van der Waals surface area contributed by atoms with Crippen molar-refractivity contribution < 1.29 is 14.5 Å². The lowest BCUT2D eigenvalue weighted by Crippen LogP contribution is -2.30. The van der Waals surface area contributed by atoms with Crippen molar-refractivity contribution in [2.45, 2.75) is 32.7 Å². The summed E-state index contributed by atoms with van der Waals surface area (Å²) in [4.78, 5) is 38.1. The van der Waals surface area contributed by atoms with Gasteiger partial charge in [-0.2, -0.15) is 0 Å². The van der Waals surface area contributed by atoms with Crippen molar-refractivity contribution in [3.8, 4) is 0 Å². The molecule has 2 aromatic rings. The average molecular weight is 428 g/mol. The monoisotopic (exact) mass is 427 g/mol. The van der Waals surface area contributed by atoms with E-state index in [1.54, 1.807) is 24.3 Å². The van der Waals surface area contributed by atoms with E-state index in [1.165, 1.54) is 6.07 Å². The minimum atomic E-state index is -0.510. The molecule has 2 fully saturated rings. The summed E-state index contributed by atoms with van der Waals surface area (Å²) in [6, 6.07) is 11.6. The molecular formula is C22H22ClN3O4. The molecule has 30 heavy (non-hydrogen) atoms. The number of carbonyl (C=O) groups is 2. The fraction of sp³-hybridized carbons (Fsp3) is 0.364. The normalized spacial score (nSPS) is 23.4. The summed E-state index contributed by atoms with van der Waals surface area (Å²) in [6.07, 6.45) is 2.29. The molecule has 1 N–H and O–H groups in total. The van der Waals surface area contributed by atoms with Crippen LogP contribution in [-0.4, -0.2) is 16.7 Å². The Hall–Kier alpha value is -2.93. The van der Waals surface area contributed by atoms with E-state index in [1.807, 2.05) is 12.1 Å². The molecule has 1 aliphatic carbocycles. The smallest absolute Gasteiger partial charge is 0.294 e. The molecule has 7 nitrogen and oxygen atoms in total. The molecule has 0 bridgehead atoms. The number of nitrogens with one attached hydrogen (secondary N) is 1. The van der Waals surface area contributed by atoms with Gasteiger partial charge in [0.1, 0.15) is 5.69 Å². The van der Waals surface area contributed by atoms with Gasteiger partial charge in [0.05, 0.1) is 22.4 Å². The van der Waals surface area contributed by atoms with Crippen LogP contribution in [0.2, 0.25) is 5.02 Å². The van der Waals surface area contributed by atoms with Gasteiger partial charge in [-0.3, -0.25) is 19.7 Å². The molecule has 3 unspecified atom stereocenters. The van der Waals surface area contributed by atoms with E-state index in [2.05, 4.69) is 12.2 Å². The highest BCUT2D eigenvalue weighted by Crippen LogP contribution is 2.43. The predicted octanol–water partition coefficient (Wildman–Crippen LogP) is 4.79. The second kappa shape index (κ2) is 8.07. The molecule has 0 spiro atoms. The quantitative estimate of drug-likeness (QED) is 0.421. The van der Waals surface area contributed by atoms with Crippen LogP contribution in [0.3, 0.4) is 0 Å². The van der Waals surface area contributed by atoms with Crippen LogP contribution in [0.5, 0.6) is 0 Å². The van der Waals surface area contributed by atoms with Crippen LogP contribution < -0.4 is 10.2 Å². The highest BCUT2D eigenvalue weighted by molar-refractivity contribution is 6.30. The van der Waals surface area contributed by atoms with Gasteiger partial charge in [0.15, 0.2) is 0 Å². The number of carbonyl (C=O) groups excluding carboxylic acids is 2. The Bertz CT molecular complexity index is 1030. The number of halogens is 1. The second-order valence-corrected chi connectivity index (χ2v) is 8.52. The number of hydrogen-bond acceptors (Lipinski definition) is 5. The molecule has 1 aliphatic heterocycles. The largest absolute Gasteiger partial charge is 0.375 e. The van der Waals surface area contributed by atoms with E-state index >= 15 is 0 Å². The Morgan fingerprint density at radius 2 is 1.90 bits per heavy atom. The molecular weight excluding hydrogens is 406 g/mol. The van der Waals surface area contributed by atoms with Crippen molar-refractivity contribution in [2.24, 2.45) is 17.8 Å². The van der Waals surface area contributed by atoms with E-state index in [-0.39, 0.29) is 35.0 Å². The summed E-state index contributed by atoms with van der Waals surface area (Å²) in [7, 11) is 0. The first kappa shape index (κ1) is 20.3. The second-order valence-electron chi connectivity index (χ2n) is 8.09. The van der Waals surface area contributed by atoms with Crippen molar-refractivity contribution in [2.75, 3.05) is 10.2 Å². The number of nitro benzene ring substituents is 1. The van der Waals surface area contributed by atoms with Crippen LogP contribution in [0.15, 0.2) is 42.5 Å². The van der Waals surface area contributed by atoms with Gasteiger partial charge in [-0.25, -0.2) is 4.90 Å². The molecule has 2 aromatic carbocycles. The van der Waals surface area contributed by atoms with Gasteiger partial charge in [0.2, 0.25) is 11.8 Å². The van der Waals surface area contributed by atoms with E-state index < -0.39 is 4.92 Å². The van der Waals surface area contributed by atoms with Gasteiger partial charge in [0, 0.05) is 17.6 Å². The van der Waals surface area contributed by atoms with Gasteiger partial charge < -0.3 is 5.32 Å². The Labute approximate surface area is 179 Å². The molecule has 0 aromatic heterocycles. The summed E-state index contributed by atoms with van der Waals surface area (Å²) < 4.78 is 0. The Morgan fingerprint density at radius 1 is 1.13 bits per heavy atom. The van der Waals surface area contributed by atoms with Crippen LogP contribution in [-0.2, 0) is 16.1 Å². The number of imide groups is 1. The maximum atomic E-state index is 12.9. The average Bonchev–Trinajstić information content (AvgIpc) is 2.96. The van der Waals surface area contributed by atoms with Crippen LogP contribution in [0.1, 0.15) is 31.7 Å². The summed E-state index contributed by atoms with van der Waals surface area (Å²) >= 11 is 5.98. The molecule has 156 valence electrons. The number of anilines is 2. The number of rotatable bonds is 5. The molecule has 8 heteroatoms. The third-order valence-corrected chi connectivity index (χ3v) is 6.23. The molecule has 1 saturated carbocycles. The van der Waals surface area contributed by atoms with E-state index in [9.17, 15) is 19.7 Å². The number of amides is 2. The maximum absolute atomic E-state index is 12.9. The molecule has 0 radical (unpaired) electrons. The summed E-state index contributed by atoms with van der Waals surface area (Å²) in [5.74, 6) is -0.721. The summed E-state index contributed by atoms with van der Waals surface area (Å²) in [6.45, 7) is 2.44. The van der Waals surface area contributed by atoms with Crippen molar-refractivity contribution in [1.29, 1.82) is 0 Å². The fourth-order valence-electron chi connectivity index (χ4n) is 4.45. The van der Waals surface area contributed by atoms with Crippen molar-refractivity contribution in [1.82, 2.24) is 0 Å². The van der Waals surface area contributed by atoms with Crippen LogP contribution in [0.4, 0.5) is 17.1 Å². The highest BCUT2D eigenvalue weighted by Gasteiger charge is 2.50. The third-order valence-electron chi connectivity index (χ3n) is 6.00. The van der Waals surface area contributed by atoms with Gasteiger partial charge in [0.25, 0.3) is 5.69 Å². The fourth-order valence-corrected chi connectivity index (χ4v) is 4.66.